The van der Waals surface area contributed by atoms with Crippen LogP contribution in [0.2, 0.25) is 0 Å². The van der Waals surface area contributed by atoms with E-state index in [1.165, 1.54) is 0 Å². The Morgan fingerprint density at radius 1 is 1.21 bits per heavy atom. The van der Waals surface area contributed by atoms with Gasteiger partial charge in [-0.2, -0.15) is 0 Å². The van der Waals surface area contributed by atoms with E-state index in [1.807, 2.05) is 19.9 Å². The lowest BCUT2D eigenvalue weighted by atomic mass is 9.93. The maximum Gasteiger partial charge on any atom is 0.220 e. The Kier molecular flexibility index (Phi) is 5.66. The fourth-order valence-electron chi connectivity index (χ4n) is 3.62. The van der Waals surface area contributed by atoms with Crippen molar-refractivity contribution in [2.24, 2.45) is 5.92 Å². The first-order valence-corrected chi connectivity index (χ1v) is 9.04. The summed E-state index contributed by atoms with van der Waals surface area (Å²) in [6.45, 7) is 7.40. The van der Waals surface area contributed by atoms with Crippen LogP contribution in [0.15, 0.2) is 6.07 Å². The van der Waals surface area contributed by atoms with E-state index < -0.39 is 0 Å². The van der Waals surface area contributed by atoms with E-state index >= 15 is 0 Å². The molecule has 1 aromatic heterocycles. The predicted octanol–water partition coefficient (Wildman–Crippen LogP) is 2.00. The van der Waals surface area contributed by atoms with Crippen molar-refractivity contribution in [1.82, 2.24) is 15.3 Å². The highest BCUT2D eigenvalue weighted by molar-refractivity contribution is 5.76. The van der Waals surface area contributed by atoms with Gasteiger partial charge in [0, 0.05) is 50.5 Å². The van der Waals surface area contributed by atoms with Crippen molar-refractivity contribution < 1.29 is 9.53 Å². The van der Waals surface area contributed by atoms with Gasteiger partial charge in [-0.25, -0.2) is 9.97 Å². The molecule has 0 saturated carbocycles. The number of rotatable bonds is 4. The first-order chi connectivity index (χ1) is 11.6. The van der Waals surface area contributed by atoms with Crippen LogP contribution in [0.3, 0.4) is 0 Å². The minimum atomic E-state index is 0.203. The fourth-order valence-corrected chi connectivity index (χ4v) is 3.62. The second kappa shape index (κ2) is 7.92. The summed E-state index contributed by atoms with van der Waals surface area (Å²) in [5.74, 6) is 2.52. The van der Waals surface area contributed by atoms with Gasteiger partial charge in [0.05, 0.1) is 0 Å². The highest BCUT2D eigenvalue weighted by atomic mass is 16.5. The van der Waals surface area contributed by atoms with Gasteiger partial charge in [0.2, 0.25) is 5.91 Å². The summed E-state index contributed by atoms with van der Waals surface area (Å²) in [5.41, 5.74) is 1.01. The molecule has 0 aliphatic carbocycles. The summed E-state index contributed by atoms with van der Waals surface area (Å²) in [7, 11) is 0. The predicted molar refractivity (Wildman–Crippen MR) is 93.0 cm³/mol. The van der Waals surface area contributed by atoms with Crippen molar-refractivity contribution in [1.29, 1.82) is 0 Å². The zero-order valence-corrected chi connectivity index (χ0v) is 14.8. The number of carbonyl (C=O) groups excluding carboxylic acids is 1. The highest BCUT2D eigenvalue weighted by Crippen LogP contribution is 2.24. The Morgan fingerprint density at radius 3 is 2.58 bits per heavy atom. The third kappa shape index (κ3) is 4.66. The number of anilines is 1. The van der Waals surface area contributed by atoms with Crippen LogP contribution in [-0.2, 0) is 9.53 Å². The van der Waals surface area contributed by atoms with Crippen LogP contribution < -0.4 is 10.2 Å². The zero-order valence-electron chi connectivity index (χ0n) is 14.8. The minimum Gasteiger partial charge on any atom is -0.381 e. The summed E-state index contributed by atoms with van der Waals surface area (Å²) in [6.07, 6.45) is 4.62. The van der Waals surface area contributed by atoms with Gasteiger partial charge in [0.25, 0.3) is 0 Å². The molecule has 3 heterocycles. The maximum absolute atomic E-state index is 12.2. The van der Waals surface area contributed by atoms with E-state index in [1.54, 1.807) is 0 Å². The molecular formula is C18H28N4O2. The second-order valence-electron chi connectivity index (χ2n) is 7.00. The number of hydrogen-bond donors (Lipinski definition) is 1. The molecule has 2 fully saturated rings. The number of aromatic nitrogens is 2. The highest BCUT2D eigenvalue weighted by Gasteiger charge is 2.24. The quantitative estimate of drug-likeness (QED) is 0.913. The number of amides is 1. The molecule has 1 N–H and O–H groups in total. The van der Waals surface area contributed by atoms with Crippen molar-refractivity contribution in [3.63, 3.8) is 0 Å². The Bertz CT molecular complexity index is 544. The topological polar surface area (TPSA) is 67.4 Å². The van der Waals surface area contributed by atoms with Crippen LogP contribution >= 0.6 is 0 Å². The molecule has 2 aliphatic heterocycles. The Labute approximate surface area is 144 Å². The molecule has 3 rings (SSSR count). The molecule has 0 radical (unpaired) electrons. The molecule has 24 heavy (non-hydrogen) atoms. The number of piperidine rings is 1. The lowest BCUT2D eigenvalue weighted by Crippen LogP contribution is -2.41. The number of carbonyl (C=O) groups is 1. The molecule has 2 saturated heterocycles. The molecular weight excluding hydrogens is 304 g/mol. The Hall–Kier alpha value is -1.69. The zero-order chi connectivity index (χ0) is 16.9. The van der Waals surface area contributed by atoms with Crippen LogP contribution in [0.1, 0.15) is 43.6 Å². The number of nitrogens with zero attached hydrogens (tertiary/aromatic N) is 3. The number of ether oxygens (including phenoxy) is 1. The van der Waals surface area contributed by atoms with E-state index in [-0.39, 0.29) is 5.91 Å². The van der Waals surface area contributed by atoms with Crippen molar-refractivity contribution in [3.8, 4) is 0 Å². The summed E-state index contributed by atoms with van der Waals surface area (Å²) in [5, 5.41) is 3.17. The molecule has 6 heteroatoms. The standard InChI is InChI=1S/C18H28N4O2/c1-13-11-17(20-14(2)19-13)22-7-3-15(4-8-22)12-18(23)21-16-5-9-24-10-6-16/h11,15-16H,3-10,12H2,1-2H3,(H,21,23). The molecule has 2 aliphatic rings. The lowest BCUT2D eigenvalue weighted by Gasteiger charge is -2.33. The first kappa shape index (κ1) is 17.1. The van der Waals surface area contributed by atoms with E-state index in [0.29, 0.717) is 18.4 Å². The van der Waals surface area contributed by atoms with Gasteiger partial charge in [0.15, 0.2) is 0 Å². The summed E-state index contributed by atoms with van der Waals surface area (Å²) in [6, 6.07) is 2.35. The molecule has 0 unspecified atom stereocenters. The van der Waals surface area contributed by atoms with Gasteiger partial charge >= 0.3 is 0 Å². The molecule has 0 aromatic carbocycles. The van der Waals surface area contributed by atoms with Crippen LogP contribution in [0.5, 0.6) is 0 Å². The van der Waals surface area contributed by atoms with Gasteiger partial charge in [-0.05, 0) is 45.4 Å². The van der Waals surface area contributed by atoms with Crippen molar-refractivity contribution in [2.75, 3.05) is 31.2 Å². The summed E-state index contributed by atoms with van der Waals surface area (Å²) < 4.78 is 5.33. The molecule has 0 spiro atoms. The largest absolute Gasteiger partial charge is 0.381 e. The van der Waals surface area contributed by atoms with Gasteiger partial charge in [0.1, 0.15) is 11.6 Å². The van der Waals surface area contributed by atoms with Crippen LogP contribution in [0.4, 0.5) is 5.82 Å². The van der Waals surface area contributed by atoms with Crippen LogP contribution in [-0.4, -0.2) is 48.2 Å². The van der Waals surface area contributed by atoms with E-state index in [9.17, 15) is 4.79 Å². The van der Waals surface area contributed by atoms with Crippen LogP contribution in [0, 0.1) is 19.8 Å². The number of aryl methyl sites for hydroxylation is 2. The Morgan fingerprint density at radius 2 is 1.92 bits per heavy atom. The maximum atomic E-state index is 12.2. The molecule has 1 amide bonds. The van der Waals surface area contributed by atoms with Gasteiger partial charge in [-0.1, -0.05) is 0 Å². The average Bonchev–Trinajstić information content (AvgIpc) is 2.55. The minimum absolute atomic E-state index is 0.203. The molecule has 1 aromatic rings. The number of nitrogens with one attached hydrogen (secondary N) is 1. The SMILES string of the molecule is Cc1cc(N2CCC(CC(=O)NC3CCOCC3)CC2)nc(C)n1. The van der Waals surface area contributed by atoms with Crippen LogP contribution in [0.25, 0.3) is 0 Å². The normalized spacial score (nSPS) is 20.2. The molecule has 6 nitrogen and oxygen atoms in total. The second-order valence-corrected chi connectivity index (χ2v) is 7.00. The lowest BCUT2D eigenvalue weighted by molar-refractivity contribution is -0.123. The van der Waals surface area contributed by atoms with Crippen molar-refractivity contribution >= 4 is 11.7 Å². The molecule has 0 atom stereocenters. The monoisotopic (exact) mass is 332 g/mol. The molecule has 132 valence electrons. The van der Waals surface area contributed by atoms with Crippen molar-refractivity contribution in [2.45, 2.75) is 52.0 Å². The van der Waals surface area contributed by atoms with Crippen molar-refractivity contribution in [3.05, 3.63) is 17.6 Å². The smallest absolute Gasteiger partial charge is 0.220 e. The average molecular weight is 332 g/mol. The Balaban J connectivity index is 1.45. The first-order valence-electron chi connectivity index (χ1n) is 9.04. The van der Waals surface area contributed by atoms with Gasteiger partial charge in [-0.3, -0.25) is 4.79 Å². The van der Waals surface area contributed by atoms with E-state index in [2.05, 4.69) is 20.2 Å². The van der Waals surface area contributed by atoms with Gasteiger partial charge < -0.3 is 15.0 Å². The third-order valence-electron chi connectivity index (χ3n) is 4.95. The third-order valence-corrected chi connectivity index (χ3v) is 4.95. The van der Waals surface area contributed by atoms with E-state index in [4.69, 9.17) is 4.74 Å². The fraction of sp³-hybridized carbons (Fsp3) is 0.722. The summed E-state index contributed by atoms with van der Waals surface area (Å²) in [4.78, 5) is 23.4. The number of hydrogen-bond acceptors (Lipinski definition) is 5. The van der Waals surface area contributed by atoms with Gasteiger partial charge in [-0.15, -0.1) is 0 Å². The molecule has 0 bridgehead atoms. The van der Waals surface area contributed by atoms with E-state index in [0.717, 1.165) is 69.3 Å². The summed E-state index contributed by atoms with van der Waals surface area (Å²) >= 11 is 0.